The highest BCUT2D eigenvalue weighted by molar-refractivity contribution is 5.97. The fraction of sp³-hybridized carbons (Fsp3) is 0.182. The van der Waals surface area contributed by atoms with E-state index in [4.69, 9.17) is 15.2 Å². The minimum atomic E-state index is -4.50. The van der Waals surface area contributed by atoms with Gasteiger partial charge in [-0.1, -0.05) is 36.4 Å². The second-order valence-corrected chi connectivity index (χ2v) is 20.9. The van der Waals surface area contributed by atoms with Gasteiger partial charge in [0.15, 0.2) is 0 Å². The summed E-state index contributed by atoms with van der Waals surface area (Å²) in [4.78, 5) is 71.4. The molecule has 3 aromatic heterocycles. The summed E-state index contributed by atoms with van der Waals surface area (Å²) in [7, 11) is 0. The quantitative estimate of drug-likeness (QED) is 0.0270. The van der Waals surface area contributed by atoms with Gasteiger partial charge in [-0.15, -0.1) is 0 Å². The normalized spacial score (nSPS) is 11.3. The van der Waals surface area contributed by atoms with Crippen LogP contribution < -0.4 is 31.2 Å². The minimum absolute atomic E-state index is 0.00733. The smallest absolute Gasteiger partial charge is 0.416 e. The molecule has 0 fully saturated rings. The van der Waals surface area contributed by atoms with Gasteiger partial charge in [-0.3, -0.25) is 49.6 Å². The molecule has 0 radical (unpaired) electrons. The Balaban J connectivity index is 0.000000200. The first kappa shape index (κ1) is 70.1. The summed E-state index contributed by atoms with van der Waals surface area (Å²) in [6, 6.07) is 34.8. The standard InChI is InChI=1S/C23H20F3N3O4.C23H22F3N3O2.C20H13F4N3O3/c1-14(2)33-18-6-7-21(29(31)32)19(12-18)20-11-16(8-9-27-20)22(30)28-13-15-4-3-5-17(10-15)23(24,25)26;1-14(2)31-18-6-7-20(27)19(12-18)21-11-16(8-9-28-21)22(30)29-13-15-4-3-5-17(10-15)23(24,25)26;21-15-4-5-18(27(29)30)16(10-15)17-9-13(6-7-25-17)19(28)26-11-12-2-1-3-14(8-12)20(22,23)24/h3-12,14H,13H2,1-2H3,(H,28,30);3-12,14H,13,27H2,1-2H3,(H,29,30);1-10H,11H2,(H,26,28). The molecular formula is C66H55F10N9O9. The molecule has 9 rings (SSSR count). The average molecular weight is 1310 g/mol. The minimum Gasteiger partial charge on any atom is -0.491 e. The van der Waals surface area contributed by atoms with E-state index in [0.29, 0.717) is 39.6 Å². The second-order valence-electron chi connectivity index (χ2n) is 20.9. The lowest BCUT2D eigenvalue weighted by molar-refractivity contribution is -0.384. The first-order valence-electron chi connectivity index (χ1n) is 28.0. The number of nitrogen functional groups attached to an aromatic ring is 1. The lowest BCUT2D eigenvalue weighted by Gasteiger charge is -2.13. The molecular weight excluding hydrogens is 1250 g/mol. The van der Waals surface area contributed by atoms with Gasteiger partial charge in [-0.05, 0) is 160 Å². The lowest BCUT2D eigenvalue weighted by Crippen LogP contribution is -2.23. The zero-order chi connectivity index (χ0) is 68.7. The summed E-state index contributed by atoms with van der Waals surface area (Å²) in [5.41, 5.74) is 6.31. The van der Waals surface area contributed by atoms with Crippen molar-refractivity contribution in [1.29, 1.82) is 0 Å². The molecule has 488 valence electrons. The van der Waals surface area contributed by atoms with Gasteiger partial charge in [-0.2, -0.15) is 39.5 Å². The van der Waals surface area contributed by atoms with E-state index >= 15 is 0 Å². The third kappa shape index (κ3) is 19.8. The Kier molecular flexibility index (Phi) is 22.9. The molecule has 0 saturated carbocycles. The highest BCUT2D eigenvalue weighted by atomic mass is 19.4. The monoisotopic (exact) mass is 1310 g/mol. The molecule has 0 atom stereocenters. The number of nitrogens with one attached hydrogen (secondary N) is 3. The number of pyridine rings is 3. The summed E-state index contributed by atoms with van der Waals surface area (Å²) in [6.45, 7) is 7.11. The highest BCUT2D eigenvalue weighted by Crippen LogP contribution is 2.36. The molecule has 5 N–H and O–H groups in total. The Morgan fingerprint density at radius 1 is 0.457 bits per heavy atom. The van der Waals surface area contributed by atoms with E-state index < -0.39 is 68.6 Å². The molecule has 28 heteroatoms. The van der Waals surface area contributed by atoms with Gasteiger partial charge in [0, 0.05) is 78.3 Å². The van der Waals surface area contributed by atoms with Gasteiger partial charge in [0.1, 0.15) is 17.3 Å². The van der Waals surface area contributed by atoms with Crippen molar-refractivity contribution in [2.75, 3.05) is 5.73 Å². The number of aromatic nitrogens is 3. The number of halogens is 10. The Hall–Kier alpha value is -11.3. The van der Waals surface area contributed by atoms with E-state index in [9.17, 15) is 78.5 Å². The van der Waals surface area contributed by atoms with E-state index in [-0.39, 0.29) is 88.0 Å². The summed E-state index contributed by atoms with van der Waals surface area (Å²) in [5, 5.41) is 30.3. The first-order chi connectivity index (χ1) is 44.3. The number of hydrogen-bond acceptors (Lipinski definition) is 13. The molecule has 0 aliphatic carbocycles. The van der Waals surface area contributed by atoms with Crippen molar-refractivity contribution in [3.8, 4) is 45.3 Å². The number of alkyl halides is 9. The van der Waals surface area contributed by atoms with Crippen LogP contribution in [0.4, 0.5) is 61.0 Å². The lowest BCUT2D eigenvalue weighted by atomic mass is 10.1. The number of nitrogens with two attached hydrogens (primary N) is 1. The zero-order valence-electron chi connectivity index (χ0n) is 49.9. The van der Waals surface area contributed by atoms with Crippen LogP contribution in [-0.4, -0.2) is 54.7 Å². The van der Waals surface area contributed by atoms with Crippen molar-refractivity contribution in [2.45, 2.75) is 78.1 Å². The number of anilines is 1. The van der Waals surface area contributed by atoms with Gasteiger partial charge in [0.25, 0.3) is 29.1 Å². The maximum Gasteiger partial charge on any atom is 0.416 e. The number of hydrogen-bond donors (Lipinski definition) is 4. The topological polar surface area (TPSA) is 257 Å². The van der Waals surface area contributed by atoms with Crippen molar-refractivity contribution < 1.29 is 77.6 Å². The Morgan fingerprint density at radius 2 is 0.787 bits per heavy atom. The number of nitro benzene ring substituents is 2. The van der Waals surface area contributed by atoms with Crippen LogP contribution in [0.15, 0.2) is 182 Å². The maximum absolute atomic E-state index is 13.6. The largest absolute Gasteiger partial charge is 0.491 e. The predicted octanol–water partition coefficient (Wildman–Crippen LogP) is 15.2. The SMILES string of the molecule is CC(C)Oc1ccc(N)c(-c2cc(C(=O)NCc3cccc(C(F)(F)F)c3)ccn2)c1.CC(C)Oc1ccc([N+](=O)[O-])c(-c2cc(C(=O)NCc3cccc(C(F)(F)F)c3)ccn2)c1.O=C(NCc1cccc(C(F)(F)F)c1)c1ccnc(-c2cc(F)ccc2[N+](=O)[O-])c1. The maximum atomic E-state index is 13.6. The van der Waals surface area contributed by atoms with Gasteiger partial charge in [0.05, 0.1) is 67.0 Å². The summed E-state index contributed by atoms with van der Waals surface area (Å²) >= 11 is 0. The van der Waals surface area contributed by atoms with Crippen LogP contribution in [0, 0.1) is 26.0 Å². The second kappa shape index (κ2) is 30.7. The van der Waals surface area contributed by atoms with E-state index in [0.717, 1.165) is 54.6 Å². The Morgan fingerprint density at radius 3 is 1.14 bits per heavy atom. The highest BCUT2D eigenvalue weighted by Gasteiger charge is 2.32. The summed E-state index contributed by atoms with van der Waals surface area (Å²) in [5.74, 6) is -1.30. The molecule has 3 heterocycles. The molecule has 0 aliphatic rings. The number of ether oxygens (including phenoxy) is 2. The van der Waals surface area contributed by atoms with Crippen molar-refractivity contribution in [2.24, 2.45) is 0 Å². The number of benzene rings is 6. The predicted molar refractivity (Wildman–Crippen MR) is 326 cm³/mol. The van der Waals surface area contributed by atoms with E-state index in [2.05, 4.69) is 30.9 Å². The van der Waals surface area contributed by atoms with Crippen LogP contribution in [0.2, 0.25) is 0 Å². The van der Waals surface area contributed by atoms with Crippen molar-refractivity contribution >= 4 is 34.8 Å². The first-order valence-corrected chi connectivity index (χ1v) is 28.0. The number of rotatable bonds is 18. The molecule has 0 unspecified atom stereocenters. The van der Waals surface area contributed by atoms with Crippen molar-refractivity contribution in [3.05, 3.63) is 258 Å². The van der Waals surface area contributed by atoms with Crippen molar-refractivity contribution in [1.82, 2.24) is 30.9 Å². The Bertz CT molecular complexity index is 4220. The van der Waals surface area contributed by atoms with Gasteiger partial charge in [-0.25, -0.2) is 4.39 Å². The van der Waals surface area contributed by atoms with E-state index in [1.165, 1.54) is 104 Å². The van der Waals surface area contributed by atoms with Crippen LogP contribution in [0.25, 0.3) is 33.8 Å². The molecule has 94 heavy (non-hydrogen) atoms. The third-order valence-corrected chi connectivity index (χ3v) is 13.1. The molecule has 6 aromatic carbocycles. The molecule has 0 spiro atoms. The number of carbonyl (C=O) groups is 3. The molecule has 3 amide bonds. The summed E-state index contributed by atoms with van der Waals surface area (Å²) < 4.78 is 140. The van der Waals surface area contributed by atoms with Crippen LogP contribution in [-0.2, 0) is 38.2 Å². The molecule has 18 nitrogen and oxygen atoms in total. The van der Waals surface area contributed by atoms with Gasteiger partial charge >= 0.3 is 18.5 Å². The zero-order valence-corrected chi connectivity index (χ0v) is 49.9. The van der Waals surface area contributed by atoms with Crippen LogP contribution in [0.1, 0.15) is 92.1 Å². The molecule has 9 aromatic rings. The van der Waals surface area contributed by atoms with Crippen molar-refractivity contribution in [3.63, 3.8) is 0 Å². The van der Waals surface area contributed by atoms with Gasteiger partial charge < -0.3 is 31.2 Å². The van der Waals surface area contributed by atoms with Gasteiger partial charge in [0.2, 0.25) is 0 Å². The molecule has 0 aliphatic heterocycles. The fourth-order valence-electron chi connectivity index (χ4n) is 8.78. The number of carbonyl (C=O) groups excluding carboxylic acids is 3. The summed E-state index contributed by atoms with van der Waals surface area (Å²) in [6.07, 6.45) is -9.56. The fourth-order valence-corrected chi connectivity index (χ4v) is 8.78. The molecule has 0 bridgehead atoms. The van der Waals surface area contributed by atoms with Crippen LogP contribution >= 0.6 is 0 Å². The molecule has 0 saturated heterocycles. The average Bonchev–Trinajstić information content (AvgIpc) is 0.831. The van der Waals surface area contributed by atoms with E-state index in [1.807, 2.05) is 27.7 Å². The number of nitro groups is 2. The van der Waals surface area contributed by atoms with Crippen LogP contribution in [0.3, 0.4) is 0 Å². The third-order valence-electron chi connectivity index (χ3n) is 13.1. The number of amides is 3. The Labute approximate surface area is 529 Å². The number of nitrogens with zero attached hydrogens (tertiary/aromatic N) is 5. The van der Waals surface area contributed by atoms with E-state index in [1.54, 1.807) is 24.3 Å². The van der Waals surface area contributed by atoms with Crippen LogP contribution in [0.5, 0.6) is 11.5 Å².